The monoisotopic (exact) mass is 358 g/mol. The van der Waals surface area contributed by atoms with Crippen LogP contribution in [0.1, 0.15) is 11.1 Å². The number of nitrogen functional groups attached to an aromatic ring is 1. The van der Waals surface area contributed by atoms with Crippen molar-refractivity contribution >= 4 is 21.7 Å². The molecule has 6 nitrogen and oxygen atoms in total. The molecule has 7 heteroatoms. The van der Waals surface area contributed by atoms with Crippen LogP contribution in [0.25, 0.3) is 11.1 Å². The van der Waals surface area contributed by atoms with Gasteiger partial charge >= 0.3 is 0 Å². The zero-order valence-corrected chi connectivity index (χ0v) is 13.0. The van der Waals surface area contributed by atoms with Crippen molar-refractivity contribution in [3.63, 3.8) is 0 Å². The number of ether oxygens (including phenoxy) is 1. The Morgan fingerprint density at radius 3 is 2.64 bits per heavy atom. The van der Waals surface area contributed by atoms with E-state index in [4.69, 9.17) is 10.5 Å². The predicted molar refractivity (Wildman–Crippen MR) is 85.6 cm³/mol. The van der Waals surface area contributed by atoms with Crippen molar-refractivity contribution < 1.29 is 4.74 Å². The Kier molecular flexibility index (Phi) is 4.82. The van der Waals surface area contributed by atoms with Gasteiger partial charge in [0.25, 0.3) is 5.56 Å². The molecule has 0 aliphatic heterocycles. The molecule has 3 N–H and O–H groups in total. The van der Waals surface area contributed by atoms with Crippen LogP contribution in [0.3, 0.4) is 0 Å². The quantitative estimate of drug-likeness (QED) is 0.812. The van der Waals surface area contributed by atoms with E-state index in [2.05, 4.69) is 20.9 Å². The fourth-order valence-corrected chi connectivity index (χ4v) is 2.19. The lowest BCUT2D eigenvalue weighted by Gasteiger charge is -2.10. The number of aromatic nitrogens is 1. The van der Waals surface area contributed by atoms with Gasteiger partial charge in [-0.3, -0.25) is 4.79 Å². The molecule has 0 aliphatic carbocycles. The molecule has 1 heterocycles. The van der Waals surface area contributed by atoms with Crippen molar-refractivity contribution in [2.24, 2.45) is 0 Å². The lowest BCUT2D eigenvalue weighted by Crippen LogP contribution is -2.16. The molecule has 0 saturated carbocycles. The maximum absolute atomic E-state index is 11.9. The highest BCUT2D eigenvalue weighted by molar-refractivity contribution is 9.09. The smallest absolute Gasteiger partial charge is 0.268 e. The van der Waals surface area contributed by atoms with E-state index in [1.807, 2.05) is 12.1 Å². The van der Waals surface area contributed by atoms with E-state index in [1.54, 1.807) is 24.3 Å². The molecule has 0 bridgehead atoms. The number of anilines is 1. The van der Waals surface area contributed by atoms with E-state index in [-0.39, 0.29) is 22.5 Å². The number of halogens is 1. The van der Waals surface area contributed by atoms with Crippen LogP contribution in [0.15, 0.2) is 29.1 Å². The van der Waals surface area contributed by atoms with Crippen LogP contribution in [0, 0.1) is 22.7 Å². The van der Waals surface area contributed by atoms with Crippen LogP contribution in [-0.4, -0.2) is 16.9 Å². The van der Waals surface area contributed by atoms with E-state index >= 15 is 0 Å². The number of hydrogen-bond donors (Lipinski definition) is 2. The highest BCUT2D eigenvalue weighted by Crippen LogP contribution is 2.30. The van der Waals surface area contributed by atoms with Gasteiger partial charge in [-0.05, 0) is 17.7 Å². The first-order chi connectivity index (χ1) is 10.6. The first-order valence-electron chi connectivity index (χ1n) is 6.27. The van der Waals surface area contributed by atoms with Crippen LogP contribution in [0.4, 0.5) is 5.82 Å². The minimum absolute atomic E-state index is 0.0618. The van der Waals surface area contributed by atoms with Gasteiger partial charge in [-0.25, -0.2) is 0 Å². The van der Waals surface area contributed by atoms with Crippen molar-refractivity contribution in [2.75, 3.05) is 17.7 Å². The average molecular weight is 359 g/mol. The predicted octanol–water partition coefficient (Wildman–Crippen LogP) is 2.14. The summed E-state index contributed by atoms with van der Waals surface area (Å²) in [6.07, 6.45) is 0. The molecule has 2 aromatic rings. The van der Waals surface area contributed by atoms with Crippen molar-refractivity contribution in [1.82, 2.24) is 4.98 Å². The molecule has 0 unspecified atom stereocenters. The molecule has 22 heavy (non-hydrogen) atoms. The maximum Gasteiger partial charge on any atom is 0.268 e. The van der Waals surface area contributed by atoms with Crippen molar-refractivity contribution in [2.45, 2.75) is 0 Å². The molecule has 0 spiro atoms. The van der Waals surface area contributed by atoms with Gasteiger partial charge in [0.05, 0.1) is 6.61 Å². The highest BCUT2D eigenvalue weighted by atomic mass is 79.9. The number of rotatable bonds is 4. The number of nitrogens with two attached hydrogens (primary N) is 1. The number of nitrogens with one attached hydrogen (secondary N) is 1. The van der Waals surface area contributed by atoms with Gasteiger partial charge in [0, 0.05) is 10.9 Å². The number of nitrogens with zero attached hydrogens (tertiary/aromatic N) is 2. The zero-order valence-electron chi connectivity index (χ0n) is 11.4. The standard InChI is InChI=1S/C15H11BrN4O2/c16-4-5-22-10-3-1-2-9(6-10)13-11(7-17)14(19)20-15(21)12(13)8-18/h1-3,6H,4-5H2,(H3,19,20,21). The zero-order chi connectivity index (χ0) is 16.1. The van der Waals surface area contributed by atoms with Gasteiger partial charge in [0.2, 0.25) is 0 Å². The Labute approximate surface area is 134 Å². The number of H-pyrrole nitrogens is 1. The first kappa shape index (κ1) is 15.6. The molecule has 0 saturated heterocycles. The highest BCUT2D eigenvalue weighted by Gasteiger charge is 2.18. The van der Waals surface area contributed by atoms with Crippen LogP contribution in [0.2, 0.25) is 0 Å². The normalized spacial score (nSPS) is 9.77. The molecule has 0 atom stereocenters. The molecule has 0 amide bonds. The van der Waals surface area contributed by atoms with Crippen LogP contribution in [-0.2, 0) is 0 Å². The Bertz CT molecular complexity index is 846. The number of benzene rings is 1. The summed E-state index contributed by atoms with van der Waals surface area (Å²) in [5, 5.41) is 19.2. The topological polar surface area (TPSA) is 116 Å². The SMILES string of the molecule is N#Cc1c(N)[nH]c(=O)c(C#N)c1-c1cccc(OCCBr)c1. The lowest BCUT2D eigenvalue weighted by molar-refractivity contribution is 0.345. The summed E-state index contributed by atoms with van der Waals surface area (Å²) in [6.45, 7) is 0.469. The molecule has 110 valence electrons. The molecular weight excluding hydrogens is 348 g/mol. The number of hydrogen-bond acceptors (Lipinski definition) is 5. The van der Waals surface area contributed by atoms with Gasteiger partial charge in [-0.2, -0.15) is 10.5 Å². The first-order valence-corrected chi connectivity index (χ1v) is 7.39. The third-order valence-corrected chi connectivity index (χ3v) is 3.26. The molecule has 1 aromatic heterocycles. The third-order valence-electron chi connectivity index (χ3n) is 2.94. The number of aromatic amines is 1. The van der Waals surface area contributed by atoms with Crippen LogP contribution < -0.4 is 16.0 Å². The number of nitriles is 2. The second-order valence-corrected chi connectivity index (χ2v) is 5.07. The minimum atomic E-state index is -0.624. The van der Waals surface area contributed by atoms with Crippen molar-refractivity contribution in [1.29, 1.82) is 10.5 Å². The summed E-state index contributed by atoms with van der Waals surface area (Å²) < 4.78 is 5.49. The fraction of sp³-hybridized carbons (Fsp3) is 0.133. The van der Waals surface area contributed by atoms with E-state index in [0.29, 0.717) is 23.2 Å². The van der Waals surface area contributed by atoms with Gasteiger partial charge in [0.15, 0.2) is 0 Å². The van der Waals surface area contributed by atoms with Gasteiger partial charge in [-0.15, -0.1) is 0 Å². The second kappa shape index (κ2) is 6.79. The largest absolute Gasteiger partial charge is 0.493 e. The summed E-state index contributed by atoms with van der Waals surface area (Å²) in [5.74, 6) is 0.511. The fourth-order valence-electron chi connectivity index (χ4n) is 2.03. The third kappa shape index (κ3) is 2.95. The number of pyridine rings is 1. The Balaban J connectivity index is 2.70. The average Bonchev–Trinajstić information content (AvgIpc) is 2.52. The Morgan fingerprint density at radius 1 is 1.27 bits per heavy atom. The Hall–Kier alpha value is -2.77. The molecular formula is C15H11BrN4O2. The summed E-state index contributed by atoms with van der Waals surface area (Å²) in [5.41, 5.74) is 5.72. The maximum atomic E-state index is 11.9. The van der Waals surface area contributed by atoms with E-state index < -0.39 is 5.56 Å². The van der Waals surface area contributed by atoms with Crippen LogP contribution >= 0.6 is 15.9 Å². The van der Waals surface area contributed by atoms with Gasteiger partial charge in [-0.1, -0.05) is 28.1 Å². The minimum Gasteiger partial charge on any atom is -0.493 e. The Morgan fingerprint density at radius 2 is 2.00 bits per heavy atom. The van der Waals surface area contributed by atoms with Crippen molar-refractivity contribution in [3.05, 3.63) is 45.7 Å². The second-order valence-electron chi connectivity index (χ2n) is 4.28. The molecule has 0 radical (unpaired) electrons. The summed E-state index contributed by atoms with van der Waals surface area (Å²) in [6, 6.07) is 10.6. The number of alkyl halides is 1. The van der Waals surface area contributed by atoms with Crippen LogP contribution in [0.5, 0.6) is 5.75 Å². The lowest BCUT2D eigenvalue weighted by atomic mass is 9.96. The summed E-state index contributed by atoms with van der Waals surface area (Å²) >= 11 is 3.26. The van der Waals surface area contributed by atoms with Gasteiger partial charge < -0.3 is 15.5 Å². The molecule has 0 fully saturated rings. The van der Waals surface area contributed by atoms with E-state index in [1.165, 1.54) is 0 Å². The molecule has 1 aromatic carbocycles. The molecule has 0 aliphatic rings. The summed E-state index contributed by atoms with van der Waals surface area (Å²) in [4.78, 5) is 14.2. The molecule has 2 rings (SSSR count). The van der Waals surface area contributed by atoms with E-state index in [0.717, 1.165) is 0 Å². The summed E-state index contributed by atoms with van der Waals surface area (Å²) in [7, 11) is 0. The van der Waals surface area contributed by atoms with Gasteiger partial charge in [0.1, 0.15) is 34.8 Å². The van der Waals surface area contributed by atoms with E-state index in [9.17, 15) is 15.3 Å². The van der Waals surface area contributed by atoms with Crippen molar-refractivity contribution in [3.8, 4) is 29.0 Å².